The maximum atomic E-state index is 12.9. The SMILES string of the molecule is Cl.N[C@@H](C[C@@H](O)c1ccc(O)c(F)c1)C(F)(F)F. The Morgan fingerprint density at radius 1 is 1.28 bits per heavy atom. The minimum absolute atomic E-state index is 0. The molecular formula is C10H12ClF4NO2. The molecule has 8 heteroatoms. The van der Waals surface area contributed by atoms with Gasteiger partial charge in [-0.15, -0.1) is 12.4 Å². The summed E-state index contributed by atoms with van der Waals surface area (Å²) >= 11 is 0. The molecule has 0 heterocycles. The number of phenols is 1. The average molecular weight is 290 g/mol. The monoisotopic (exact) mass is 289 g/mol. The molecule has 0 fully saturated rings. The smallest absolute Gasteiger partial charge is 0.403 e. The number of hydrogen-bond donors (Lipinski definition) is 3. The molecule has 0 spiro atoms. The van der Waals surface area contributed by atoms with Crippen LogP contribution >= 0.6 is 12.4 Å². The van der Waals surface area contributed by atoms with E-state index in [1.54, 1.807) is 0 Å². The summed E-state index contributed by atoms with van der Waals surface area (Å²) in [6.07, 6.45) is -6.92. The summed E-state index contributed by atoms with van der Waals surface area (Å²) in [5, 5.41) is 18.3. The van der Waals surface area contributed by atoms with Gasteiger partial charge in [0.05, 0.1) is 6.10 Å². The standard InChI is InChI=1S/C10H11F4NO2.ClH/c11-6-3-5(1-2-7(6)16)8(17)4-9(15)10(12,13)14;/h1-3,8-9,16-17H,4,15H2;1H/t8-,9+;/m1./s1. The lowest BCUT2D eigenvalue weighted by atomic mass is 10.0. The van der Waals surface area contributed by atoms with Crippen molar-refractivity contribution in [2.24, 2.45) is 5.73 Å². The van der Waals surface area contributed by atoms with Crippen molar-refractivity contribution in [3.8, 4) is 5.75 Å². The molecule has 2 atom stereocenters. The molecule has 0 saturated carbocycles. The molecule has 0 aliphatic rings. The predicted molar refractivity (Wildman–Crippen MR) is 58.9 cm³/mol. The largest absolute Gasteiger partial charge is 0.505 e. The lowest BCUT2D eigenvalue weighted by Gasteiger charge is -2.19. The van der Waals surface area contributed by atoms with Crippen LogP contribution in [0.15, 0.2) is 18.2 Å². The summed E-state index contributed by atoms with van der Waals surface area (Å²) in [6, 6.07) is 0.664. The molecule has 1 aromatic rings. The van der Waals surface area contributed by atoms with Crippen LogP contribution in [0.25, 0.3) is 0 Å². The Bertz CT molecular complexity index is 400. The van der Waals surface area contributed by atoms with Crippen LogP contribution in [-0.4, -0.2) is 22.4 Å². The lowest BCUT2D eigenvalue weighted by Crippen LogP contribution is -2.38. The maximum absolute atomic E-state index is 12.9. The summed E-state index contributed by atoms with van der Waals surface area (Å²) in [6.45, 7) is 0. The predicted octanol–water partition coefficient (Wildman–Crippen LogP) is 2.27. The number of nitrogens with two attached hydrogens (primary N) is 1. The van der Waals surface area contributed by atoms with Crippen molar-refractivity contribution in [2.75, 3.05) is 0 Å². The molecule has 0 saturated heterocycles. The molecule has 0 amide bonds. The fraction of sp³-hybridized carbons (Fsp3) is 0.400. The molecule has 0 unspecified atom stereocenters. The zero-order chi connectivity index (χ0) is 13.2. The van der Waals surface area contributed by atoms with Crippen LogP contribution in [0.2, 0.25) is 0 Å². The zero-order valence-corrected chi connectivity index (χ0v) is 9.80. The summed E-state index contributed by atoms with van der Waals surface area (Å²) < 4.78 is 49.3. The van der Waals surface area contributed by atoms with Gasteiger partial charge in [-0.3, -0.25) is 0 Å². The number of aliphatic hydroxyl groups excluding tert-OH is 1. The topological polar surface area (TPSA) is 66.5 Å². The van der Waals surface area contributed by atoms with E-state index in [0.717, 1.165) is 18.2 Å². The van der Waals surface area contributed by atoms with Crippen molar-refractivity contribution >= 4 is 12.4 Å². The molecule has 18 heavy (non-hydrogen) atoms. The van der Waals surface area contributed by atoms with Gasteiger partial charge in [-0.25, -0.2) is 4.39 Å². The molecule has 0 radical (unpaired) electrons. The van der Waals surface area contributed by atoms with Crippen LogP contribution < -0.4 is 5.73 Å². The van der Waals surface area contributed by atoms with Gasteiger partial charge in [0.1, 0.15) is 6.04 Å². The van der Waals surface area contributed by atoms with Crippen LogP contribution in [0.3, 0.4) is 0 Å². The molecule has 1 rings (SSSR count). The number of benzene rings is 1. The molecule has 0 aromatic heterocycles. The Labute approximate surface area is 107 Å². The quantitative estimate of drug-likeness (QED) is 0.748. The third-order valence-corrected chi connectivity index (χ3v) is 2.25. The number of aromatic hydroxyl groups is 1. The minimum Gasteiger partial charge on any atom is -0.505 e. The van der Waals surface area contributed by atoms with Gasteiger partial charge in [-0.1, -0.05) is 6.07 Å². The summed E-state index contributed by atoms with van der Waals surface area (Å²) in [5.41, 5.74) is 4.76. The third-order valence-electron chi connectivity index (χ3n) is 2.25. The van der Waals surface area contributed by atoms with Crippen molar-refractivity contribution in [1.82, 2.24) is 0 Å². The van der Waals surface area contributed by atoms with Crippen molar-refractivity contribution in [1.29, 1.82) is 0 Å². The van der Waals surface area contributed by atoms with E-state index in [2.05, 4.69) is 0 Å². The summed E-state index contributed by atoms with van der Waals surface area (Å²) in [4.78, 5) is 0. The third kappa shape index (κ3) is 4.32. The van der Waals surface area contributed by atoms with Crippen LogP contribution in [-0.2, 0) is 0 Å². The van der Waals surface area contributed by atoms with E-state index in [1.165, 1.54) is 0 Å². The molecular weight excluding hydrogens is 278 g/mol. The first-order valence-electron chi connectivity index (χ1n) is 4.70. The maximum Gasteiger partial charge on any atom is 0.403 e. The van der Waals surface area contributed by atoms with E-state index in [4.69, 9.17) is 10.8 Å². The number of alkyl halides is 3. The molecule has 3 nitrogen and oxygen atoms in total. The van der Waals surface area contributed by atoms with Crippen molar-refractivity contribution in [2.45, 2.75) is 24.7 Å². The van der Waals surface area contributed by atoms with E-state index in [9.17, 15) is 22.7 Å². The number of phenolic OH excluding ortho intramolecular Hbond substituents is 1. The first-order valence-corrected chi connectivity index (χ1v) is 4.70. The van der Waals surface area contributed by atoms with E-state index in [1.807, 2.05) is 0 Å². The van der Waals surface area contributed by atoms with Crippen LogP contribution in [0.5, 0.6) is 5.75 Å². The summed E-state index contributed by atoms with van der Waals surface area (Å²) in [7, 11) is 0. The minimum atomic E-state index is -4.61. The molecule has 0 bridgehead atoms. The van der Waals surface area contributed by atoms with E-state index in [-0.39, 0.29) is 18.0 Å². The van der Waals surface area contributed by atoms with Gasteiger partial charge < -0.3 is 15.9 Å². The summed E-state index contributed by atoms with van der Waals surface area (Å²) in [5.74, 6) is -1.65. The van der Waals surface area contributed by atoms with Crippen LogP contribution in [0.1, 0.15) is 18.1 Å². The van der Waals surface area contributed by atoms with E-state index in [0.29, 0.717) is 0 Å². The van der Waals surface area contributed by atoms with Crippen LogP contribution in [0, 0.1) is 5.82 Å². The molecule has 0 aliphatic heterocycles. The average Bonchev–Trinajstić information content (AvgIpc) is 2.20. The second-order valence-electron chi connectivity index (χ2n) is 3.61. The second kappa shape index (κ2) is 6.21. The van der Waals surface area contributed by atoms with Gasteiger partial charge in [0.25, 0.3) is 0 Å². The Kier molecular flexibility index (Phi) is 5.85. The van der Waals surface area contributed by atoms with E-state index < -0.39 is 36.3 Å². The van der Waals surface area contributed by atoms with Crippen LogP contribution in [0.4, 0.5) is 17.6 Å². The fourth-order valence-corrected chi connectivity index (χ4v) is 1.24. The second-order valence-corrected chi connectivity index (χ2v) is 3.61. The number of aliphatic hydroxyl groups is 1. The Hall–Kier alpha value is -1.05. The highest BCUT2D eigenvalue weighted by atomic mass is 35.5. The van der Waals surface area contributed by atoms with Gasteiger partial charge in [0.15, 0.2) is 11.6 Å². The molecule has 1 aromatic carbocycles. The van der Waals surface area contributed by atoms with Gasteiger partial charge in [-0.2, -0.15) is 13.2 Å². The number of hydrogen-bond acceptors (Lipinski definition) is 3. The lowest BCUT2D eigenvalue weighted by molar-refractivity contribution is -0.153. The van der Waals surface area contributed by atoms with Gasteiger partial charge in [0.2, 0.25) is 0 Å². The Balaban J connectivity index is 0.00000289. The molecule has 104 valence electrons. The molecule has 0 aliphatic carbocycles. The zero-order valence-electron chi connectivity index (χ0n) is 8.99. The Morgan fingerprint density at radius 3 is 2.28 bits per heavy atom. The number of rotatable bonds is 3. The first kappa shape index (κ1) is 16.9. The van der Waals surface area contributed by atoms with Gasteiger partial charge in [-0.05, 0) is 17.7 Å². The fourth-order valence-electron chi connectivity index (χ4n) is 1.24. The van der Waals surface area contributed by atoms with Crippen molar-refractivity contribution in [3.63, 3.8) is 0 Å². The Morgan fingerprint density at radius 2 is 1.83 bits per heavy atom. The van der Waals surface area contributed by atoms with Gasteiger partial charge in [0, 0.05) is 6.42 Å². The number of halogens is 5. The highest BCUT2D eigenvalue weighted by molar-refractivity contribution is 5.85. The highest BCUT2D eigenvalue weighted by Crippen LogP contribution is 2.28. The van der Waals surface area contributed by atoms with E-state index >= 15 is 0 Å². The van der Waals surface area contributed by atoms with Crippen molar-refractivity contribution < 1.29 is 27.8 Å². The normalized spacial score (nSPS) is 14.8. The first-order chi connectivity index (χ1) is 7.71. The molecule has 4 N–H and O–H groups in total. The van der Waals surface area contributed by atoms with Crippen molar-refractivity contribution in [3.05, 3.63) is 29.6 Å². The highest BCUT2D eigenvalue weighted by Gasteiger charge is 2.38. The van der Waals surface area contributed by atoms with Gasteiger partial charge >= 0.3 is 6.18 Å².